The van der Waals surface area contributed by atoms with Crippen LogP contribution < -0.4 is 0 Å². The average molecular weight is 272 g/mol. The summed E-state index contributed by atoms with van der Waals surface area (Å²) >= 11 is 0. The van der Waals surface area contributed by atoms with Gasteiger partial charge >= 0.3 is 0 Å². The molecule has 2 rings (SSSR count). The molecule has 0 aliphatic carbocycles. The third-order valence-corrected chi connectivity index (χ3v) is 5.65. The fourth-order valence-electron chi connectivity index (χ4n) is 3.42. The third kappa shape index (κ3) is 1.90. The summed E-state index contributed by atoms with van der Waals surface area (Å²) < 4.78 is 6.20. The molecule has 1 heterocycles. The predicted molar refractivity (Wildman–Crippen MR) is 87.8 cm³/mol. The topological polar surface area (TPSA) is 13.1 Å². The summed E-state index contributed by atoms with van der Waals surface area (Å²) in [6.07, 6.45) is 2.29. The molecule has 1 aromatic heterocycles. The lowest BCUT2D eigenvalue weighted by Gasteiger charge is -2.27. The third-order valence-electron chi connectivity index (χ3n) is 5.65. The molecule has 0 amide bonds. The Bertz CT molecular complexity index is 654. The number of hydrogen-bond acceptors (Lipinski definition) is 1. The standard InChI is InChI=1S/C19H28O/c1-9-19(8,10-2)17-15(7)20-18-14(6)12(4)11(3)13(5)16(17)18/h9-10H2,1-8H3. The van der Waals surface area contributed by atoms with E-state index in [0.29, 0.717) is 0 Å². The Morgan fingerprint density at radius 2 is 1.30 bits per heavy atom. The number of rotatable bonds is 3. The zero-order chi connectivity index (χ0) is 15.2. The van der Waals surface area contributed by atoms with Gasteiger partial charge in [0.05, 0.1) is 0 Å². The van der Waals surface area contributed by atoms with Crippen molar-refractivity contribution >= 4 is 11.0 Å². The normalized spacial score (nSPS) is 12.4. The number of hydrogen-bond donors (Lipinski definition) is 0. The van der Waals surface area contributed by atoms with Gasteiger partial charge in [-0.05, 0) is 75.1 Å². The van der Waals surface area contributed by atoms with Crippen molar-refractivity contribution < 1.29 is 4.42 Å². The van der Waals surface area contributed by atoms with Crippen molar-refractivity contribution in [1.29, 1.82) is 0 Å². The molecule has 0 fully saturated rings. The molecule has 0 spiro atoms. The molecule has 2 aromatic rings. The molecule has 0 atom stereocenters. The van der Waals surface area contributed by atoms with Gasteiger partial charge in [-0.1, -0.05) is 20.8 Å². The number of benzene rings is 1. The van der Waals surface area contributed by atoms with E-state index in [1.165, 1.54) is 33.2 Å². The summed E-state index contributed by atoms with van der Waals surface area (Å²) in [7, 11) is 0. The Morgan fingerprint density at radius 3 is 1.80 bits per heavy atom. The molecule has 1 aromatic carbocycles. The van der Waals surface area contributed by atoms with Crippen molar-refractivity contribution in [1.82, 2.24) is 0 Å². The monoisotopic (exact) mass is 272 g/mol. The molecule has 1 nitrogen and oxygen atoms in total. The summed E-state index contributed by atoms with van der Waals surface area (Å²) in [6, 6.07) is 0. The van der Waals surface area contributed by atoms with Gasteiger partial charge in [0, 0.05) is 10.9 Å². The maximum Gasteiger partial charge on any atom is 0.138 e. The molecule has 0 radical (unpaired) electrons. The first-order chi connectivity index (χ1) is 9.28. The van der Waals surface area contributed by atoms with E-state index in [1.807, 2.05) is 0 Å². The van der Waals surface area contributed by atoms with Crippen molar-refractivity contribution in [3.63, 3.8) is 0 Å². The van der Waals surface area contributed by atoms with E-state index < -0.39 is 0 Å². The lowest BCUT2D eigenvalue weighted by molar-refractivity contribution is 0.427. The van der Waals surface area contributed by atoms with Gasteiger partial charge in [0.15, 0.2) is 0 Å². The average Bonchev–Trinajstić information content (AvgIpc) is 2.80. The van der Waals surface area contributed by atoms with Crippen LogP contribution in [0.4, 0.5) is 0 Å². The van der Waals surface area contributed by atoms with Crippen LogP contribution in [-0.4, -0.2) is 0 Å². The predicted octanol–water partition coefficient (Wildman–Crippen LogP) is 6.05. The molecular weight excluding hydrogens is 244 g/mol. The van der Waals surface area contributed by atoms with Gasteiger partial charge in [-0.2, -0.15) is 0 Å². The van der Waals surface area contributed by atoms with E-state index in [2.05, 4.69) is 55.4 Å². The van der Waals surface area contributed by atoms with E-state index in [1.54, 1.807) is 0 Å². The molecule has 110 valence electrons. The van der Waals surface area contributed by atoms with Crippen molar-refractivity contribution in [2.75, 3.05) is 0 Å². The van der Waals surface area contributed by atoms with E-state index in [0.717, 1.165) is 24.2 Å². The number of furan rings is 1. The molecule has 0 N–H and O–H groups in total. The Labute approximate surface area is 123 Å². The van der Waals surface area contributed by atoms with Crippen LogP contribution >= 0.6 is 0 Å². The molecule has 1 heteroatoms. The lowest BCUT2D eigenvalue weighted by atomic mass is 9.75. The maximum atomic E-state index is 6.20. The SMILES string of the molecule is CCC(C)(CC)c1c(C)oc2c(C)c(C)c(C)c(C)c12. The molecule has 0 saturated carbocycles. The fraction of sp³-hybridized carbons (Fsp3) is 0.579. The quantitative estimate of drug-likeness (QED) is 0.662. The number of fused-ring (bicyclic) bond motifs is 1. The summed E-state index contributed by atoms with van der Waals surface area (Å²) in [5.74, 6) is 1.10. The molecule has 0 aliphatic rings. The Balaban J connectivity index is 2.98. The highest BCUT2D eigenvalue weighted by atomic mass is 16.3. The molecular formula is C19H28O. The van der Waals surface area contributed by atoms with E-state index in [4.69, 9.17) is 4.42 Å². The Hall–Kier alpha value is -1.24. The van der Waals surface area contributed by atoms with Crippen LogP contribution in [0.1, 0.15) is 67.2 Å². The van der Waals surface area contributed by atoms with Gasteiger partial charge in [0.1, 0.15) is 11.3 Å². The Morgan fingerprint density at radius 1 is 0.800 bits per heavy atom. The van der Waals surface area contributed by atoms with Gasteiger partial charge in [-0.25, -0.2) is 0 Å². The second-order valence-corrected chi connectivity index (χ2v) is 6.51. The van der Waals surface area contributed by atoms with Crippen molar-refractivity contribution in [2.24, 2.45) is 0 Å². The van der Waals surface area contributed by atoms with Crippen molar-refractivity contribution in [2.45, 2.75) is 73.6 Å². The minimum Gasteiger partial charge on any atom is -0.461 e. The highest BCUT2D eigenvalue weighted by Gasteiger charge is 2.31. The van der Waals surface area contributed by atoms with Gasteiger partial charge in [0.25, 0.3) is 0 Å². The zero-order valence-electron chi connectivity index (χ0n) is 14.3. The Kier molecular flexibility index (Phi) is 3.75. The molecule has 0 saturated heterocycles. The summed E-state index contributed by atoms with van der Waals surface area (Å²) in [5, 5.41) is 1.37. The van der Waals surface area contributed by atoms with Gasteiger partial charge < -0.3 is 4.42 Å². The minimum absolute atomic E-state index is 0.203. The van der Waals surface area contributed by atoms with E-state index in [9.17, 15) is 0 Å². The van der Waals surface area contributed by atoms with Crippen LogP contribution in [0.5, 0.6) is 0 Å². The van der Waals surface area contributed by atoms with Crippen LogP contribution in [0.2, 0.25) is 0 Å². The molecule has 20 heavy (non-hydrogen) atoms. The minimum atomic E-state index is 0.203. The van der Waals surface area contributed by atoms with Crippen LogP contribution in [0.3, 0.4) is 0 Å². The first kappa shape index (κ1) is 15.2. The van der Waals surface area contributed by atoms with Gasteiger partial charge in [-0.15, -0.1) is 0 Å². The summed E-state index contributed by atoms with van der Waals surface area (Å²) in [6.45, 7) is 17.9. The highest BCUT2D eigenvalue weighted by molar-refractivity contribution is 5.91. The van der Waals surface area contributed by atoms with Crippen LogP contribution in [0.25, 0.3) is 11.0 Å². The van der Waals surface area contributed by atoms with Gasteiger partial charge in [-0.3, -0.25) is 0 Å². The van der Waals surface area contributed by atoms with E-state index in [-0.39, 0.29) is 5.41 Å². The first-order valence-electron chi connectivity index (χ1n) is 7.78. The molecule has 0 bridgehead atoms. The number of aryl methyl sites for hydroxylation is 3. The summed E-state index contributed by atoms with van der Waals surface area (Å²) in [5.41, 5.74) is 8.20. The maximum absolute atomic E-state index is 6.20. The van der Waals surface area contributed by atoms with Gasteiger partial charge in [0.2, 0.25) is 0 Å². The second-order valence-electron chi connectivity index (χ2n) is 6.51. The van der Waals surface area contributed by atoms with Crippen LogP contribution in [0, 0.1) is 34.6 Å². The highest BCUT2D eigenvalue weighted by Crippen LogP contribution is 2.43. The molecule has 0 aliphatic heterocycles. The smallest absolute Gasteiger partial charge is 0.138 e. The zero-order valence-corrected chi connectivity index (χ0v) is 14.3. The molecule has 0 unspecified atom stereocenters. The van der Waals surface area contributed by atoms with E-state index >= 15 is 0 Å². The van der Waals surface area contributed by atoms with Crippen molar-refractivity contribution in [3.8, 4) is 0 Å². The van der Waals surface area contributed by atoms with Crippen molar-refractivity contribution in [3.05, 3.63) is 33.6 Å². The van der Waals surface area contributed by atoms with Crippen LogP contribution in [-0.2, 0) is 5.41 Å². The second kappa shape index (κ2) is 4.95. The van der Waals surface area contributed by atoms with Crippen LogP contribution in [0.15, 0.2) is 4.42 Å². The first-order valence-corrected chi connectivity index (χ1v) is 7.78. The largest absolute Gasteiger partial charge is 0.461 e. The summed E-state index contributed by atoms with van der Waals surface area (Å²) in [4.78, 5) is 0. The lowest BCUT2D eigenvalue weighted by Crippen LogP contribution is -2.20. The fourth-order valence-corrected chi connectivity index (χ4v) is 3.42.